The Balaban J connectivity index is 1.45. The van der Waals surface area contributed by atoms with Crippen LogP contribution in [-0.4, -0.2) is 55.0 Å². The minimum atomic E-state index is -0.307. The zero-order chi connectivity index (χ0) is 22.2. The molecule has 0 radical (unpaired) electrons. The summed E-state index contributed by atoms with van der Waals surface area (Å²) in [6.45, 7) is 6.99. The molecular formula is C23H41N7O. The van der Waals surface area contributed by atoms with Crippen LogP contribution in [0.2, 0.25) is 0 Å². The average Bonchev–Trinajstić information content (AvgIpc) is 3.55. The normalized spacial score (nSPS) is 40.9. The quantitative estimate of drug-likeness (QED) is 0.417. The molecule has 7 atom stereocenters. The monoisotopic (exact) mass is 431 g/mol. The van der Waals surface area contributed by atoms with Crippen LogP contribution in [0.5, 0.6) is 0 Å². The van der Waals surface area contributed by atoms with Crippen LogP contribution in [0.1, 0.15) is 58.8 Å². The third kappa shape index (κ3) is 5.07. The summed E-state index contributed by atoms with van der Waals surface area (Å²) in [5.41, 5.74) is 11.9. The number of nitrogens with one attached hydrogen (secondary N) is 3. The molecule has 31 heavy (non-hydrogen) atoms. The first kappa shape index (κ1) is 22.9. The number of nitriles is 1. The molecule has 0 bridgehead atoms. The van der Waals surface area contributed by atoms with Crippen LogP contribution in [0.15, 0.2) is 0 Å². The fourth-order valence-electron chi connectivity index (χ4n) is 6.13. The van der Waals surface area contributed by atoms with E-state index in [2.05, 4.69) is 40.8 Å². The third-order valence-electron chi connectivity index (χ3n) is 8.39. The first-order chi connectivity index (χ1) is 14.8. The van der Waals surface area contributed by atoms with Gasteiger partial charge in [0.2, 0.25) is 5.91 Å². The van der Waals surface area contributed by atoms with Gasteiger partial charge in [-0.05, 0) is 62.7 Å². The topological polar surface area (TPSA) is 132 Å². The lowest BCUT2D eigenvalue weighted by Gasteiger charge is -2.47. The number of piperidine rings is 1. The van der Waals surface area contributed by atoms with E-state index in [0.717, 1.165) is 58.0 Å². The summed E-state index contributed by atoms with van der Waals surface area (Å²) in [5.74, 6) is 1.05. The molecule has 0 aromatic rings. The predicted molar refractivity (Wildman–Crippen MR) is 120 cm³/mol. The fraction of sp³-hybridized carbons (Fsp3) is 0.913. The third-order valence-corrected chi connectivity index (χ3v) is 8.39. The Morgan fingerprint density at radius 1 is 1.29 bits per heavy atom. The van der Waals surface area contributed by atoms with Crippen molar-refractivity contribution in [3.8, 4) is 6.07 Å². The lowest BCUT2D eigenvalue weighted by molar-refractivity contribution is -0.124. The molecule has 8 nitrogen and oxygen atoms in total. The molecule has 4 rings (SSSR count). The number of primary amides is 1. The summed E-state index contributed by atoms with van der Waals surface area (Å²) in [6, 6.07) is 3.13. The number of carbonyl (C=O) groups is 1. The summed E-state index contributed by atoms with van der Waals surface area (Å²) in [4.78, 5) is 14.6. The van der Waals surface area contributed by atoms with Gasteiger partial charge in [-0.25, -0.2) is 0 Å². The van der Waals surface area contributed by atoms with Gasteiger partial charge in [-0.3, -0.25) is 25.6 Å². The second-order valence-electron chi connectivity index (χ2n) is 10.9. The van der Waals surface area contributed by atoms with Gasteiger partial charge in [-0.2, -0.15) is 5.26 Å². The van der Waals surface area contributed by atoms with Gasteiger partial charge in [-0.1, -0.05) is 13.8 Å². The number of hydrogen-bond donors (Lipinski definition) is 5. The Labute approximate surface area is 186 Å². The van der Waals surface area contributed by atoms with Crippen molar-refractivity contribution in [1.29, 1.82) is 5.26 Å². The zero-order valence-corrected chi connectivity index (χ0v) is 19.1. The van der Waals surface area contributed by atoms with E-state index in [4.69, 9.17) is 11.5 Å². The Kier molecular flexibility index (Phi) is 6.90. The van der Waals surface area contributed by atoms with Gasteiger partial charge in [0.25, 0.3) is 0 Å². The molecule has 0 spiro atoms. The molecule has 2 saturated heterocycles. The van der Waals surface area contributed by atoms with E-state index in [1.807, 2.05) is 0 Å². The maximum atomic E-state index is 12.2. The van der Waals surface area contributed by atoms with Crippen LogP contribution >= 0.6 is 0 Å². The van der Waals surface area contributed by atoms with Crippen LogP contribution < -0.4 is 27.4 Å². The van der Waals surface area contributed by atoms with Gasteiger partial charge < -0.3 is 11.5 Å². The molecule has 2 aliphatic carbocycles. The van der Waals surface area contributed by atoms with Gasteiger partial charge in [0.15, 0.2) is 0 Å². The summed E-state index contributed by atoms with van der Waals surface area (Å²) >= 11 is 0. The van der Waals surface area contributed by atoms with Gasteiger partial charge >= 0.3 is 0 Å². The second kappa shape index (κ2) is 9.32. The van der Waals surface area contributed by atoms with E-state index in [0.29, 0.717) is 30.3 Å². The van der Waals surface area contributed by atoms with Gasteiger partial charge in [-0.15, -0.1) is 0 Å². The number of amides is 1. The average molecular weight is 432 g/mol. The van der Waals surface area contributed by atoms with Crippen LogP contribution in [-0.2, 0) is 4.79 Å². The SMILES string of the molecule is CC(C)C1CC(NC2NC(N3CCC[C@H](N)C3)NCC2C(N)=O)CC(C2(C#N)CC2)C1. The standard InChI is InChI=1S/C23H41N7O/c1-14(2)15-8-16(23(13-24)5-6-23)10-18(9-15)28-21-19(20(26)31)11-27-22(29-21)30-7-3-4-17(25)12-30/h14-19,21-22,27-29H,3-12,25H2,1-2H3,(H2,26,31)/t15?,16?,17-,18?,19?,21?,22?/m0/s1. The molecule has 2 aliphatic heterocycles. The highest BCUT2D eigenvalue weighted by Crippen LogP contribution is 2.57. The van der Waals surface area contributed by atoms with Crippen molar-refractivity contribution in [2.75, 3.05) is 19.6 Å². The minimum Gasteiger partial charge on any atom is -0.369 e. The molecule has 0 aromatic carbocycles. The summed E-state index contributed by atoms with van der Waals surface area (Å²) in [7, 11) is 0. The van der Waals surface area contributed by atoms with E-state index in [1.165, 1.54) is 0 Å². The van der Waals surface area contributed by atoms with Gasteiger partial charge in [0.1, 0.15) is 6.29 Å². The van der Waals surface area contributed by atoms with Crippen molar-refractivity contribution in [3.05, 3.63) is 0 Å². The number of rotatable bonds is 6. The number of nitrogens with two attached hydrogens (primary N) is 2. The molecule has 174 valence electrons. The minimum absolute atomic E-state index is 0.00591. The zero-order valence-electron chi connectivity index (χ0n) is 19.1. The Hall–Kier alpha value is -1.24. The number of likely N-dealkylation sites (tertiary alicyclic amines) is 1. The summed E-state index contributed by atoms with van der Waals surface area (Å²) in [5, 5.41) is 20.7. The molecule has 4 fully saturated rings. The molecule has 7 N–H and O–H groups in total. The highest BCUT2D eigenvalue weighted by atomic mass is 16.1. The van der Waals surface area contributed by atoms with Gasteiger partial charge in [0, 0.05) is 31.7 Å². The van der Waals surface area contributed by atoms with Crippen LogP contribution in [0.25, 0.3) is 0 Å². The van der Waals surface area contributed by atoms with E-state index in [-0.39, 0.29) is 35.7 Å². The highest BCUT2D eigenvalue weighted by molar-refractivity contribution is 5.77. The smallest absolute Gasteiger partial charge is 0.224 e. The lowest BCUT2D eigenvalue weighted by Crippen LogP contribution is -2.72. The summed E-state index contributed by atoms with van der Waals surface area (Å²) in [6.07, 6.45) is 7.31. The Bertz CT molecular complexity index is 688. The van der Waals surface area contributed by atoms with Crippen LogP contribution in [0, 0.1) is 40.4 Å². The number of hydrogen-bond acceptors (Lipinski definition) is 7. The predicted octanol–water partition coefficient (Wildman–Crippen LogP) is 0.648. The largest absolute Gasteiger partial charge is 0.369 e. The maximum Gasteiger partial charge on any atom is 0.224 e. The molecule has 0 aromatic heterocycles. The van der Waals surface area contributed by atoms with Crippen molar-refractivity contribution < 1.29 is 4.79 Å². The number of nitrogens with zero attached hydrogens (tertiary/aromatic N) is 2. The lowest BCUT2D eigenvalue weighted by atomic mass is 9.68. The van der Waals surface area contributed by atoms with Crippen molar-refractivity contribution in [1.82, 2.24) is 20.9 Å². The Morgan fingerprint density at radius 2 is 2.06 bits per heavy atom. The van der Waals surface area contributed by atoms with E-state index in [1.54, 1.807) is 0 Å². The molecule has 8 heteroatoms. The molecular weight excluding hydrogens is 390 g/mol. The molecule has 4 aliphatic rings. The molecule has 2 heterocycles. The van der Waals surface area contributed by atoms with Crippen molar-refractivity contribution in [2.24, 2.45) is 40.6 Å². The Morgan fingerprint density at radius 3 is 2.68 bits per heavy atom. The van der Waals surface area contributed by atoms with E-state index >= 15 is 0 Å². The molecule has 2 saturated carbocycles. The van der Waals surface area contributed by atoms with Gasteiger partial charge in [0.05, 0.1) is 23.6 Å². The maximum absolute atomic E-state index is 12.2. The fourth-order valence-corrected chi connectivity index (χ4v) is 6.13. The first-order valence-corrected chi connectivity index (χ1v) is 12.3. The first-order valence-electron chi connectivity index (χ1n) is 12.3. The van der Waals surface area contributed by atoms with Crippen molar-refractivity contribution in [2.45, 2.75) is 83.3 Å². The highest BCUT2D eigenvalue weighted by Gasteiger charge is 2.52. The summed E-state index contributed by atoms with van der Waals surface area (Å²) < 4.78 is 0. The van der Waals surface area contributed by atoms with Crippen LogP contribution in [0.3, 0.4) is 0 Å². The molecule has 6 unspecified atom stereocenters. The van der Waals surface area contributed by atoms with Crippen LogP contribution in [0.4, 0.5) is 0 Å². The molecule has 1 amide bonds. The van der Waals surface area contributed by atoms with Crippen molar-refractivity contribution >= 4 is 5.91 Å². The van der Waals surface area contributed by atoms with Crippen molar-refractivity contribution in [3.63, 3.8) is 0 Å². The van der Waals surface area contributed by atoms with E-state index < -0.39 is 0 Å². The second-order valence-corrected chi connectivity index (χ2v) is 10.9. The van der Waals surface area contributed by atoms with E-state index in [9.17, 15) is 10.1 Å². The number of carbonyl (C=O) groups excluding carboxylic acids is 1.